The number of rotatable bonds is 2. The Hall–Kier alpha value is -1.00. The Bertz CT molecular complexity index is 287. The first-order valence-electron chi connectivity index (χ1n) is 3.78. The first-order valence-corrected chi connectivity index (χ1v) is 3.78. The minimum absolute atomic E-state index is 0.0196. The summed E-state index contributed by atoms with van der Waals surface area (Å²) in [7, 11) is 2.63. The molecule has 0 amide bonds. The highest BCUT2D eigenvalue weighted by Crippen LogP contribution is 2.31. The van der Waals surface area contributed by atoms with Crippen LogP contribution in [0.2, 0.25) is 0 Å². The highest BCUT2D eigenvalue weighted by Gasteiger charge is 2.38. The van der Waals surface area contributed by atoms with Crippen molar-refractivity contribution in [2.45, 2.75) is 12.7 Å². The second kappa shape index (κ2) is 3.40. The summed E-state index contributed by atoms with van der Waals surface area (Å²) in [6.45, 7) is 1.40. The molecule has 1 aliphatic carbocycles. The molecule has 72 valence electrons. The van der Waals surface area contributed by atoms with Crippen LogP contribution in [-0.2, 0) is 14.3 Å². The van der Waals surface area contributed by atoms with Gasteiger partial charge in [-0.1, -0.05) is 0 Å². The number of hydrogen-bond donors (Lipinski definition) is 0. The monoisotopic (exact) mass is 186 g/mol. The second-order valence-corrected chi connectivity index (χ2v) is 2.71. The molecule has 0 heterocycles. The van der Waals surface area contributed by atoms with E-state index in [1.165, 1.54) is 33.3 Å². The van der Waals surface area contributed by atoms with Crippen molar-refractivity contribution in [1.29, 1.82) is 0 Å². The predicted molar refractivity (Wildman–Crippen MR) is 44.7 cm³/mol. The van der Waals surface area contributed by atoms with E-state index in [-0.39, 0.29) is 11.4 Å². The van der Waals surface area contributed by atoms with Crippen LogP contribution in [0.5, 0.6) is 0 Å². The Morgan fingerprint density at radius 1 is 1.38 bits per heavy atom. The minimum Gasteiger partial charge on any atom is -0.344 e. The molecular formula is C9H11FO3. The Labute approximate surface area is 75.8 Å². The van der Waals surface area contributed by atoms with Crippen molar-refractivity contribution in [2.75, 3.05) is 14.2 Å². The zero-order valence-corrected chi connectivity index (χ0v) is 7.76. The lowest BCUT2D eigenvalue weighted by Crippen LogP contribution is -2.35. The van der Waals surface area contributed by atoms with Gasteiger partial charge >= 0.3 is 0 Å². The van der Waals surface area contributed by atoms with Gasteiger partial charge < -0.3 is 9.47 Å². The van der Waals surface area contributed by atoms with Crippen molar-refractivity contribution in [3.05, 3.63) is 23.6 Å². The van der Waals surface area contributed by atoms with E-state index < -0.39 is 11.6 Å². The maximum absolute atomic E-state index is 13.5. The van der Waals surface area contributed by atoms with Gasteiger partial charge in [-0.15, -0.1) is 0 Å². The zero-order chi connectivity index (χ0) is 10.1. The molecule has 0 fully saturated rings. The van der Waals surface area contributed by atoms with E-state index in [0.29, 0.717) is 0 Å². The third-order valence-electron chi connectivity index (χ3n) is 2.07. The van der Waals surface area contributed by atoms with Crippen molar-refractivity contribution in [1.82, 2.24) is 0 Å². The van der Waals surface area contributed by atoms with E-state index in [1.807, 2.05) is 0 Å². The topological polar surface area (TPSA) is 35.5 Å². The fourth-order valence-corrected chi connectivity index (χ4v) is 1.15. The highest BCUT2D eigenvalue weighted by atomic mass is 19.1. The molecule has 0 saturated carbocycles. The van der Waals surface area contributed by atoms with Crippen LogP contribution in [-0.4, -0.2) is 25.8 Å². The molecule has 0 bridgehead atoms. The summed E-state index contributed by atoms with van der Waals surface area (Å²) in [5.41, 5.74) is 0.0196. The van der Waals surface area contributed by atoms with E-state index >= 15 is 0 Å². The van der Waals surface area contributed by atoms with E-state index in [4.69, 9.17) is 9.47 Å². The van der Waals surface area contributed by atoms with Crippen LogP contribution in [0.3, 0.4) is 0 Å². The van der Waals surface area contributed by atoms with Crippen molar-refractivity contribution >= 4 is 5.78 Å². The minimum atomic E-state index is -1.52. The van der Waals surface area contributed by atoms with Crippen LogP contribution in [0, 0.1) is 0 Å². The van der Waals surface area contributed by atoms with Crippen molar-refractivity contribution in [2.24, 2.45) is 0 Å². The number of ether oxygens (including phenoxy) is 2. The lowest BCUT2D eigenvalue weighted by atomic mass is 10.0. The summed E-state index contributed by atoms with van der Waals surface area (Å²) in [5, 5.41) is 0. The molecule has 0 unspecified atom stereocenters. The number of hydrogen-bond acceptors (Lipinski definition) is 3. The molecule has 1 aliphatic rings. The maximum Gasteiger partial charge on any atom is 0.242 e. The number of carbonyl (C=O) groups excluding carboxylic acids is 1. The number of allylic oxidation sites excluding steroid dienone is 2. The largest absolute Gasteiger partial charge is 0.344 e. The van der Waals surface area contributed by atoms with Gasteiger partial charge in [0.05, 0.1) is 0 Å². The summed E-state index contributed by atoms with van der Waals surface area (Å²) < 4.78 is 23.2. The second-order valence-electron chi connectivity index (χ2n) is 2.71. The molecule has 0 spiro atoms. The molecule has 0 aromatic carbocycles. The van der Waals surface area contributed by atoms with Crippen molar-refractivity contribution < 1.29 is 18.7 Å². The molecule has 0 radical (unpaired) electrons. The fourth-order valence-electron chi connectivity index (χ4n) is 1.15. The third kappa shape index (κ3) is 1.43. The van der Waals surface area contributed by atoms with Gasteiger partial charge in [-0.05, 0) is 19.1 Å². The first-order chi connectivity index (χ1) is 6.07. The Morgan fingerprint density at radius 2 is 1.92 bits per heavy atom. The summed E-state index contributed by atoms with van der Waals surface area (Å²) in [6.07, 6.45) is 2.50. The van der Waals surface area contributed by atoms with Gasteiger partial charge in [-0.2, -0.15) is 0 Å². The van der Waals surface area contributed by atoms with Crippen LogP contribution in [0.25, 0.3) is 0 Å². The SMILES string of the molecule is COC1(OC)C=CC(=O)C(C)=C1F. The molecule has 0 saturated heterocycles. The van der Waals surface area contributed by atoms with Gasteiger partial charge in [0.1, 0.15) is 0 Å². The summed E-state index contributed by atoms with van der Waals surface area (Å²) in [4.78, 5) is 11.0. The summed E-state index contributed by atoms with van der Waals surface area (Å²) in [6, 6.07) is 0. The number of carbonyl (C=O) groups is 1. The quantitative estimate of drug-likeness (QED) is 0.611. The van der Waals surface area contributed by atoms with E-state index in [2.05, 4.69) is 0 Å². The average molecular weight is 186 g/mol. The molecule has 0 N–H and O–H groups in total. The van der Waals surface area contributed by atoms with Gasteiger partial charge in [-0.3, -0.25) is 4.79 Å². The maximum atomic E-state index is 13.5. The standard InChI is InChI=1S/C9H11FO3/c1-6-7(11)4-5-9(12-2,13-3)8(6)10/h4-5H,1-3H3. The predicted octanol–water partition coefficient (Wildman–Crippen LogP) is 1.36. The van der Waals surface area contributed by atoms with Crippen LogP contribution >= 0.6 is 0 Å². The number of halogens is 1. The number of methoxy groups -OCH3 is 2. The number of ketones is 1. The summed E-state index contributed by atoms with van der Waals surface area (Å²) >= 11 is 0. The lowest BCUT2D eigenvalue weighted by Gasteiger charge is -2.28. The molecule has 0 aliphatic heterocycles. The molecule has 0 atom stereocenters. The van der Waals surface area contributed by atoms with Gasteiger partial charge in [-0.25, -0.2) is 4.39 Å². The Morgan fingerprint density at radius 3 is 2.38 bits per heavy atom. The van der Waals surface area contributed by atoms with Crippen molar-refractivity contribution in [3.63, 3.8) is 0 Å². The van der Waals surface area contributed by atoms with E-state index in [1.54, 1.807) is 0 Å². The third-order valence-corrected chi connectivity index (χ3v) is 2.07. The molecule has 4 heteroatoms. The summed E-state index contributed by atoms with van der Waals surface area (Å²) in [5.74, 6) is -2.56. The molecule has 3 nitrogen and oxygen atoms in total. The van der Waals surface area contributed by atoms with Crippen LogP contribution in [0.15, 0.2) is 23.6 Å². The highest BCUT2D eigenvalue weighted by molar-refractivity contribution is 6.05. The van der Waals surface area contributed by atoms with Gasteiger partial charge in [0.2, 0.25) is 5.79 Å². The Balaban J connectivity index is 3.16. The van der Waals surface area contributed by atoms with Crippen molar-refractivity contribution in [3.8, 4) is 0 Å². The lowest BCUT2D eigenvalue weighted by molar-refractivity contribution is -0.156. The van der Waals surface area contributed by atoms with Gasteiger partial charge in [0.25, 0.3) is 0 Å². The molecular weight excluding hydrogens is 175 g/mol. The molecule has 13 heavy (non-hydrogen) atoms. The molecule has 1 rings (SSSR count). The first kappa shape index (κ1) is 10.1. The van der Waals surface area contributed by atoms with Crippen LogP contribution in [0.4, 0.5) is 4.39 Å². The van der Waals surface area contributed by atoms with Crippen LogP contribution < -0.4 is 0 Å². The van der Waals surface area contributed by atoms with E-state index in [0.717, 1.165) is 0 Å². The normalized spacial score (nSPS) is 21.1. The Kier molecular flexibility index (Phi) is 2.63. The van der Waals surface area contributed by atoms with Gasteiger partial charge in [0, 0.05) is 19.8 Å². The molecule has 0 aromatic rings. The van der Waals surface area contributed by atoms with E-state index in [9.17, 15) is 9.18 Å². The zero-order valence-electron chi connectivity index (χ0n) is 7.76. The molecule has 0 aromatic heterocycles. The average Bonchev–Trinajstić information content (AvgIpc) is 2.16. The smallest absolute Gasteiger partial charge is 0.242 e. The van der Waals surface area contributed by atoms with Crippen LogP contribution in [0.1, 0.15) is 6.92 Å². The van der Waals surface area contributed by atoms with Gasteiger partial charge in [0.15, 0.2) is 11.6 Å². The fraction of sp³-hybridized carbons (Fsp3) is 0.444.